The molecular formula is C15H19N3O3S. The Morgan fingerprint density at radius 3 is 2.55 bits per heavy atom. The van der Waals surface area contributed by atoms with E-state index in [1.54, 1.807) is 25.8 Å². The Bertz CT molecular complexity index is 644. The molecule has 0 saturated carbocycles. The van der Waals surface area contributed by atoms with Crippen LogP contribution in [0.4, 0.5) is 9.93 Å². The van der Waals surface area contributed by atoms with Gasteiger partial charge in [-0.1, -0.05) is 0 Å². The van der Waals surface area contributed by atoms with Crippen molar-refractivity contribution < 1.29 is 14.3 Å². The fourth-order valence-corrected chi connectivity index (χ4v) is 2.68. The van der Waals surface area contributed by atoms with Crippen LogP contribution < -0.4 is 20.1 Å². The molecule has 118 valence electrons. The average molecular weight is 321 g/mol. The van der Waals surface area contributed by atoms with Crippen LogP contribution in [0.5, 0.6) is 11.5 Å². The number of thiazole rings is 1. The van der Waals surface area contributed by atoms with Crippen LogP contribution in [0, 0.1) is 6.92 Å². The van der Waals surface area contributed by atoms with Crippen LogP contribution in [0.25, 0.3) is 0 Å². The average Bonchev–Trinajstić information content (AvgIpc) is 2.99. The number of nitrogens with one attached hydrogen (secondary N) is 2. The normalized spacial score (nSPS) is 11.6. The van der Waals surface area contributed by atoms with Crippen molar-refractivity contribution in [3.63, 3.8) is 0 Å². The van der Waals surface area contributed by atoms with Crippen LogP contribution in [0.1, 0.15) is 24.1 Å². The van der Waals surface area contributed by atoms with Crippen LogP contribution in [-0.2, 0) is 0 Å². The highest BCUT2D eigenvalue weighted by atomic mass is 32.1. The van der Waals surface area contributed by atoms with E-state index in [-0.39, 0.29) is 12.1 Å². The highest BCUT2D eigenvalue weighted by molar-refractivity contribution is 7.13. The van der Waals surface area contributed by atoms with Crippen LogP contribution in [-0.4, -0.2) is 25.2 Å². The quantitative estimate of drug-likeness (QED) is 0.886. The summed E-state index contributed by atoms with van der Waals surface area (Å²) in [6.07, 6.45) is 1.64. The number of carbonyl (C=O) groups excluding carboxylic acids is 1. The third kappa shape index (κ3) is 3.67. The van der Waals surface area contributed by atoms with Gasteiger partial charge in [0.2, 0.25) is 0 Å². The zero-order valence-corrected chi connectivity index (χ0v) is 13.8. The van der Waals surface area contributed by atoms with Gasteiger partial charge in [0, 0.05) is 11.6 Å². The van der Waals surface area contributed by atoms with E-state index in [1.165, 1.54) is 11.3 Å². The van der Waals surface area contributed by atoms with Crippen molar-refractivity contribution in [2.45, 2.75) is 19.9 Å². The topological polar surface area (TPSA) is 72.5 Å². The standard InChI is InChI=1S/C15H19N3O3S/c1-9-7-12(20-3)13(21-4)8-11(9)10(2)17-14(19)18-15-16-5-6-22-15/h5-8,10H,1-4H3,(H2,16,17,18,19)/t10-/m0/s1. The molecule has 0 unspecified atom stereocenters. The predicted octanol–water partition coefficient (Wildman–Crippen LogP) is 3.35. The Hall–Kier alpha value is -2.28. The van der Waals surface area contributed by atoms with Crippen LogP contribution >= 0.6 is 11.3 Å². The zero-order chi connectivity index (χ0) is 16.1. The van der Waals surface area contributed by atoms with Crippen molar-refractivity contribution in [3.05, 3.63) is 34.8 Å². The molecule has 0 spiro atoms. The lowest BCUT2D eigenvalue weighted by Crippen LogP contribution is -2.31. The number of anilines is 1. The zero-order valence-electron chi connectivity index (χ0n) is 13.0. The summed E-state index contributed by atoms with van der Waals surface area (Å²) >= 11 is 1.37. The second-order valence-electron chi connectivity index (χ2n) is 4.72. The molecule has 2 aromatic rings. The van der Waals surface area contributed by atoms with Crippen molar-refractivity contribution in [1.29, 1.82) is 0 Å². The molecule has 2 N–H and O–H groups in total. The fourth-order valence-electron chi connectivity index (χ4n) is 2.16. The Morgan fingerprint density at radius 2 is 1.95 bits per heavy atom. The van der Waals surface area contributed by atoms with Crippen molar-refractivity contribution in [2.24, 2.45) is 0 Å². The van der Waals surface area contributed by atoms with E-state index in [0.717, 1.165) is 11.1 Å². The van der Waals surface area contributed by atoms with Crippen molar-refractivity contribution in [2.75, 3.05) is 19.5 Å². The van der Waals surface area contributed by atoms with E-state index >= 15 is 0 Å². The van der Waals surface area contributed by atoms with Gasteiger partial charge in [-0.3, -0.25) is 5.32 Å². The maximum absolute atomic E-state index is 12.0. The van der Waals surface area contributed by atoms with Crippen molar-refractivity contribution >= 4 is 22.5 Å². The number of hydrogen-bond donors (Lipinski definition) is 2. The largest absolute Gasteiger partial charge is 0.493 e. The number of benzene rings is 1. The molecule has 0 aliphatic rings. The van der Waals surface area contributed by atoms with Crippen LogP contribution in [0.15, 0.2) is 23.7 Å². The highest BCUT2D eigenvalue weighted by Gasteiger charge is 2.16. The molecule has 1 aromatic heterocycles. The third-order valence-corrected chi connectivity index (χ3v) is 3.93. The van der Waals surface area contributed by atoms with Crippen LogP contribution in [0.2, 0.25) is 0 Å². The number of aryl methyl sites for hydroxylation is 1. The minimum atomic E-state index is -0.295. The molecule has 0 fully saturated rings. The van der Waals surface area contributed by atoms with Crippen LogP contribution in [0.3, 0.4) is 0 Å². The molecule has 0 aliphatic carbocycles. The Labute approximate surface area is 133 Å². The maximum atomic E-state index is 12.0. The summed E-state index contributed by atoms with van der Waals surface area (Å²) in [5.41, 5.74) is 1.98. The van der Waals surface area contributed by atoms with Gasteiger partial charge in [-0.05, 0) is 37.1 Å². The summed E-state index contributed by atoms with van der Waals surface area (Å²) in [6.45, 7) is 3.88. The molecule has 6 nitrogen and oxygen atoms in total. The molecule has 0 radical (unpaired) electrons. The van der Waals surface area contributed by atoms with E-state index in [1.807, 2.05) is 26.0 Å². The van der Waals surface area contributed by atoms with Gasteiger partial charge < -0.3 is 14.8 Å². The molecule has 0 aliphatic heterocycles. The monoisotopic (exact) mass is 321 g/mol. The minimum Gasteiger partial charge on any atom is -0.493 e. The first-order valence-corrected chi connectivity index (χ1v) is 7.62. The van der Waals surface area contributed by atoms with E-state index in [2.05, 4.69) is 15.6 Å². The van der Waals surface area contributed by atoms with Gasteiger partial charge in [0.05, 0.1) is 20.3 Å². The number of urea groups is 1. The number of ether oxygens (including phenoxy) is 2. The summed E-state index contributed by atoms with van der Waals surface area (Å²) in [5, 5.41) is 7.95. The van der Waals surface area contributed by atoms with Gasteiger partial charge in [-0.2, -0.15) is 0 Å². The molecule has 2 amide bonds. The van der Waals surface area contributed by atoms with E-state index < -0.39 is 0 Å². The number of rotatable bonds is 5. The first kappa shape index (κ1) is 16.1. The first-order valence-electron chi connectivity index (χ1n) is 6.74. The number of methoxy groups -OCH3 is 2. The smallest absolute Gasteiger partial charge is 0.321 e. The summed E-state index contributed by atoms with van der Waals surface area (Å²) < 4.78 is 10.6. The van der Waals surface area contributed by atoms with Gasteiger partial charge in [-0.15, -0.1) is 11.3 Å². The Morgan fingerprint density at radius 1 is 1.27 bits per heavy atom. The second-order valence-corrected chi connectivity index (χ2v) is 5.62. The van der Waals surface area contributed by atoms with E-state index in [4.69, 9.17) is 9.47 Å². The number of hydrogen-bond acceptors (Lipinski definition) is 5. The lowest BCUT2D eigenvalue weighted by molar-refractivity contribution is 0.249. The molecular weight excluding hydrogens is 302 g/mol. The molecule has 0 bridgehead atoms. The number of amides is 2. The summed E-state index contributed by atoms with van der Waals surface area (Å²) in [5.74, 6) is 1.31. The van der Waals surface area contributed by atoms with Gasteiger partial charge >= 0.3 is 6.03 Å². The molecule has 0 saturated heterocycles. The molecule has 22 heavy (non-hydrogen) atoms. The first-order chi connectivity index (χ1) is 10.5. The minimum absolute atomic E-state index is 0.181. The molecule has 7 heteroatoms. The van der Waals surface area contributed by atoms with Gasteiger partial charge in [0.15, 0.2) is 16.6 Å². The Balaban J connectivity index is 2.11. The Kier molecular flexibility index (Phi) is 5.21. The lowest BCUT2D eigenvalue weighted by Gasteiger charge is -2.19. The van der Waals surface area contributed by atoms with Crippen molar-refractivity contribution in [1.82, 2.24) is 10.3 Å². The third-order valence-electron chi connectivity index (χ3n) is 3.24. The molecule has 1 aromatic carbocycles. The SMILES string of the molecule is COc1cc(C)c([C@H](C)NC(=O)Nc2nccs2)cc1OC. The molecule has 1 atom stereocenters. The van der Waals surface area contributed by atoms with E-state index in [0.29, 0.717) is 16.6 Å². The molecule has 2 rings (SSSR count). The van der Waals surface area contributed by atoms with Gasteiger partial charge in [0.1, 0.15) is 0 Å². The number of aromatic nitrogens is 1. The second kappa shape index (κ2) is 7.13. The summed E-state index contributed by atoms with van der Waals surface area (Å²) in [7, 11) is 3.18. The fraction of sp³-hybridized carbons (Fsp3) is 0.333. The lowest BCUT2D eigenvalue weighted by atomic mass is 10.0. The number of nitrogens with zero attached hydrogens (tertiary/aromatic N) is 1. The number of carbonyl (C=O) groups is 1. The molecule has 1 heterocycles. The summed E-state index contributed by atoms with van der Waals surface area (Å²) in [4.78, 5) is 16.0. The van der Waals surface area contributed by atoms with Gasteiger partial charge in [0.25, 0.3) is 0 Å². The highest BCUT2D eigenvalue weighted by Crippen LogP contribution is 2.32. The van der Waals surface area contributed by atoms with E-state index in [9.17, 15) is 4.79 Å². The van der Waals surface area contributed by atoms with Crippen molar-refractivity contribution in [3.8, 4) is 11.5 Å². The summed E-state index contributed by atoms with van der Waals surface area (Å²) in [6, 6.07) is 3.30. The predicted molar refractivity (Wildman–Crippen MR) is 87.0 cm³/mol. The van der Waals surface area contributed by atoms with Gasteiger partial charge in [-0.25, -0.2) is 9.78 Å². The maximum Gasteiger partial charge on any atom is 0.321 e.